The summed E-state index contributed by atoms with van der Waals surface area (Å²) in [6.45, 7) is 11.2. The van der Waals surface area contributed by atoms with Gasteiger partial charge < -0.3 is 19.5 Å². The van der Waals surface area contributed by atoms with E-state index in [0.717, 1.165) is 63.0 Å². The van der Waals surface area contributed by atoms with Crippen LogP contribution in [0, 0.1) is 19.8 Å². The molecule has 0 radical (unpaired) electrons. The first-order chi connectivity index (χ1) is 13.7. The van der Waals surface area contributed by atoms with Gasteiger partial charge in [-0.25, -0.2) is 0 Å². The van der Waals surface area contributed by atoms with Crippen molar-refractivity contribution in [3.8, 4) is 0 Å². The zero-order valence-electron chi connectivity index (χ0n) is 17.3. The Morgan fingerprint density at radius 2 is 2.14 bits per heavy atom. The molecule has 0 amide bonds. The minimum absolute atomic E-state index is 0.551. The number of aryl methyl sites for hydroxylation is 2. The number of hydrogen-bond acceptors (Lipinski definition) is 4. The Labute approximate surface area is 168 Å². The first-order valence-electron chi connectivity index (χ1n) is 10.2. The fourth-order valence-electron chi connectivity index (χ4n) is 3.64. The molecule has 0 spiro atoms. The third-order valence-corrected chi connectivity index (χ3v) is 5.19. The third-order valence-electron chi connectivity index (χ3n) is 5.19. The van der Waals surface area contributed by atoms with Crippen molar-refractivity contribution in [3.63, 3.8) is 0 Å². The monoisotopic (exact) mass is 384 g/mol. The van der Waals surface area contributed by atoms with Crippen molar-refractivity contribution >= 4 is 5.96 Å². The lowest BCUT2D eigenvalue weighted by molar-refractivity contribution is 0.0907. The zero-order chi connectivity index (χ0) is 19.8. The fourth-order valence-corrected chi connectivity index (χ4v) is 3.64. The molecule has 1 saturated heterocycles. The lowest BCUT2D eigenvalue weighted by Gasteiger charge is -2.21. The number of nitrogens with zero attached hydrogens (tertiary/aromatic N) is 3. The number of rotatable bonds is 8. The molecule has 1 unspecified atom stereocenters. The Hall–Kier alpha value is -2.34. The summed E-state index contributed by atoms with van der Waals surface area (Å²) >= 11 is 0. The van der Waals surface area contributed by atoms with Gasteiger partial charge in [-0.3, -0.25) is 4.99 Å². The lowest BCUT2D eigenvalue weighted by atomic mass is 10.1. The molecule has 1 aliphatic heterocycles. The highest BCUT2D eigenvalue weighted by Crippen LogP contribution is 2.18. The van der Waals surface area contributed by atoms with Crippen LogP contribution >= 0.6 is 0 Å². The number of ether oxygens (including phenoxy) is 1. The molecule has 1 aliphatic rings. The molecular weight excluding hydrogens is 352 g/mol. The van der Waals surface area contributed by atoms with Gasteiger partial charge in [0, 0.05) is 37.7 Å². The smallest absolute Gasteiger partial charge is 0.193 e. The summed E-state index contributed by atoms with van der Waals surface area (Å²) in [5, 5.41) is 7.46. The second-order valence-electron chi connectivity index (χ2n) is 7.39. The van der Waals surface area contributed by atoms with Gasteiger partial charge in [0.05, 0.1) is 18.9 Å². The molecule has 1 fully saturated rings. The topological polar surface area (TPSA) is 62.9 Å². The molecular formula is C22H32N4O2. The number of nitrogens with one attached hydrogen (secondary N) is 1. The van der Waals surface area contributed by atoms with Crippen molar-refractivity contribution in [1.29, 1.82) is 0 Å². The summed E-state index contributed by atoms with van der Waals surface area (Å²) in [6, 6.07) is 10.4. The van der Waals surface area contributed by atoms with E-state index < -0.39 is 0 Å². The van der Waals surface area contributed by atoms with Gasteiger partial charge in [-0.1, -0.05) is 35.5 Å². The van der Waals surface area contributed by atoms with Crippen LogP contribution in [0.3, 0.4) is 0 Å². The maximum absolute atomic E-state index is 5.94. The first-order valence-corrected chi connectivity index (χ1v) is 10.2. The maximum Gasteiger partial charge on any atom is 0.193 e. The average Bonchev–Trinajstić information content (AvgIpc) is 3.30. The molecule has 0 aliphatic carbocycles. The molecule has 2 heterocycles. The Morgan fingerprint density at radius 3 is 2.86 bits per heavy atom. The van der Waals surface area contributed by atoms with Gasteiger partial charge in [-0.05, 0) is 39.2 Å². The van der Waals surface area contributed by atoms with Crippen molar-refractivity contribution in [2.75, 3.05) is 32.8 Å². The highest BCUT2D eigenvalue weighted by atomic mass is 16.5. The Balaban J connectivity index is 1.47. The van der Waals surface area contributed by atoms with Crippen molar-refractivity contribution in [2.45, 2.75) is 40.2 Å². The third kappa shape index (κ3) is 5.58. The van der Waals surface area contributed by atoms with E-state index in [-0.39, 0.29) is 0 Å². The van der Waals surface area contributed by atoms with Gasteiger partial charge in [0.15, 0.2) is 5.96 Å². The highest BCUT2D eigenvalue weighted by Gasteiger charge is 2.25. The summed E-state index contributed by atoms with van der Waals surface area (Å²) in [6.07, 6.45) is 2.00. The number of hydrogen-bond donors (Lipinski definition) is 1. The molecule has 0 bridgehead atoms. The van der Waals surface area contributed by atoms with E-state index in [4.69, 9.17) is 14.3 Å². The molecule has 0 saturated carbocycles. The van der Waals surface area contributed by atoms with E-state index >= 15 is 0 Å². The first kappa shape index (κ1) is 20.4. The Morgan fingerprint density at radius 1 is 1.32 bits per heavy atom. The second-order valence-corrected chi connectivity index (χ2v) is 7.39. The lowest BCUT2D eigenvalue weighted by Crippen LogP contribution is -2.40. The van der Waals surface area contributed by atoms with Gasteiger partial charge in [0.2, 0.25) is 0 Å². The molecule has 3 rings (SSSR count). The van der Waals surface area contributed by atoms with E-state index in [2.05, 4.69) is 46.6 Å². The minimum Gasteiger partial charge on any atom is -0.376 e. The zero-order valence-corrected chi connectivity index (χ0v) is 17.3. The molecule has 1 aromatic heterocycles. The Kier molecular flexibility index (Phi) is 7.48. The summed E-state index contributed by atoms with van der Waals surface area (Å²) in [5.74, 6) is 2.45. The SMILES string of the molecule is CCNC(=NCCc1c(C)noc1C)N1CCC(COCc2ccccc2)C1. The predicted octanol–water partition coefficient (Wildman–Crippen LogP) is 3.34. The van der Waals surface area contributed by atoms with Crippen LogP contribution in [0.2, 0.25) is 0 Å². The molecule has 6 nitrogen and oxygen atoms in total. The van der Waals surface area contributed by atoms with Crippen LogP contribution in [0.15, 0.2) is 39.8 Å². The molecule has 1 N–H and O–H groups in total. The second kappa shape index (κ2) is 10.3. The van der Waals surface area contributed by atoms with E-state index in [9.17, 15) is 0 Å². The normalized spacial score (nSPS) is 17.3. The van der Waals surface area contributed by atoms with Crippen LogP contribution in [-0.4, -0.2) is 48.8 Å². The van der Waals surface area contributed by atoms with Gasteiger partial charge in [-0.15, -0.1) is 0 Å². The van der Waals surface area contributed by atoms with E-state index in [0.29, 0.717) is 12.5 Å². The quantitative estimate of drug-likeness (QED) is 0.559. The predicted molar refractivity (Wildman–Crippen MR) is 111 cm³/mol. The number of likely N-dealkylation sites (tertiary alicyclic amines) is 1. The summed E-state index contributed by atoms with van der Waals surface area (Å²) in [5.41, 5.74) is 3.37. The number of benzene rings is 1. The van der Waals surface area contributed by atoms with Crippen LogP contribution in [0.4, 0.5) is 0 Å². The van der Waals surface area contributed by atoms with Crippen molar-refractivity contribution in [2.24, 2.45) is 10.9 Å². The number of aliphatic imine (C=N–C) groups is 1. The molecule has 2 aromatic rings. The molecule has 1 aromatic carbocycles. The Bertz CT molecular complexity index is 738. The standard InChI is InChI=1S/C22H32N4O2/c1-4-23-22(24-12-10-21-17(2)25-28-18(21)3)26-13-11-20(14-26)16-27-15-19-8-6-5-7-9-19/h5-9,20H,4,10-16H2,1-3H3,(H,23,24). The van der Waals surface area contributed by atoms with Gasteiger partial charge in [-0.2, -0.15) is 0 Å². The van der Waals surface area contributed by atoms with E-state index in [1.54, 1.807) is 0 Å². The average molecular weight is 385 g/mol. The minimum atomic E-state index is 0.551. The molecule has 1 atom stereocenters. The number of aromatic nitrogens is 1. The van der Waals surface area contributed by atoms with Crippen LogP contribution < -0.4 is 5.32 Å². The van der Waals surface area contributed by atoms with Crippen LogP contribution in [0.25, 0.3) is 0 Å². The van der Waals surface area contributed by atoms with E-state index in [1.807, 2.05) is 19.9 Å². The fraction of sp³-hybridized carbons (Fsp3) is 0.545. The van der Waals surface area contributed by atoms with Gasteiger partial charge >= 0.3 is 0 Å². The largest absolute Gasteiger partial charge is 0.376 e. The summed E-state index contributed by atoms with van der Waals surface area (Å²) in [4.78, 5) is 7.19. The molecule has 6 heteroatoms. The van der Waals surface area contributed by atoms with Gasteiger partial charge in [0.25, 0.3) is 0 Å². The number of guanidine groups is 1. The summed E-state index contributed by atoms with van der Waals surface area (Å²) in [7, 11) is 0. The van der Waals surface area contributed by atoms with E-state index in [1.165, 1.54) is 11.1 Å². The molecule has 152 valence electrons. The maximum atomic E-state index is 5.94. The van der Waals surface area contributed by atoms with Crippen molar-refractivity contribution < 1.29 is 9.26 Å². The van der Waals surface area contributed by atoms with Crippen LogP contribution in [0.5, 0.6) is 0 Å². The molecule has 28 heavy (non-hydrogen) atoms. The van der Waals surface area contributed by atoms with Crippen molar-refractivity contribution in [1.82, 2.24) is 15.4 Å². The summed E-state index contributed by atoms with van der Waals surface area (Å²) < 4.78 is 11.2. The van der Waals surface area contributed by atoms with Gasteiger partial charge in [0.1, 0.15) is 5.76 Å². The van der Waals surface area contributed by atoms with Crippen LogP contribution in [0.1, 0.15) is 35.9 Å². The van der Waals surface area contributed by atoms with Crippen molar-refractivity contribution in [3.05, 3.63) is 52.9 Å². The highest BCUT2D eigenvalue weighted by molar-refractivity contribution is 5.80. The van der Waals surface area contributed by atoms with Crippen LogP contribution in [-0.2, 0) is 17.8 Å².